The molecule has 0 radical (unpaired) electrons. The van der Waals surface area contributed by atoms with Crippen molar-refractivity contribution in [2.24, 2.45) is 35.5 Å². The van der Waals surface area contributed by atoms with Crippen LogP contribution in [0.5, 0.6) is 0 Å². The van der Waals surface area contributed by atoms with Gasteiger partial charge in [-0.2, -0.15) is 0 Å². The van der Waals surface area contributed by atoms with E-state index >= 15 is 0 Å². The van der Waals surface area contributed by atoms with Gasteiger partial charge in [0.25, 0.3) is 0 Å². The molecule has 4 bridgehead atoms. The molecule has 3 nitrogen and oxygen atoms in total. The molecule has 0 amide bonds. The zero-order valence-corrected chi connectivity index (χ0v) is 19.1. The van der Waals surface area contributed by atoms with Gasteiger partial charge in [-0.05, 0) is 76.5 Å². The number of allylic oxidation sites excluding steroid dienone is 8. The topological polar surface area (TPSA) is 51.2 Å². The third kappa shape index (κ3) is 7.34. The molecule has 0 saturated heterocycles. The van der Waals surface area contributed by atoms with Crippen molar-refractivity contribution in [2.75, 3.05) is 0 Å². The molecule has 2 fully saturated rings. The molecule has 2 saturated carbocycles. The van der Waals surface area contributed by atoms with Crippen molar-refractivity contribution < 1.29 is 14.4 Å². The van der Waals surface area contributed by atoms with Gasteiger partial charge in [0.1, 0.15) is 17.3 Å². The highest BCUT2D eigenvalue weighted by atomic mass is 16.1. The number of hydrogen-bond donors (Lipinski definition) is 0. The number of hydrogen-bond acceptors (Lipinski definition) is 3. The van der Waals surface area contributed by atoms with E-state index in [-0.39, 0.29) is 5.78 Å². The molecule has 0 spiro atoms. The van der Waals surface area contributed by atoms with Crippen molar-refractivity contribution in [3.63, 3.8) is 0 Å². The maximum absolute atomic E-state index is 11.0. The Morgan fingerprint density at radius 1 is 0.700 bits per heavy atom. The molecular weight excluding hydrogens is 372 g/mol. The van der Waals surface area contributed by atoms with E-state index in [9.17, 15) is 14.4 Å². The van der Waals surface area contributed by atoms with E-state index in [0.717, 1.165) is 31.1 Å². The van der Waals surface area contributed by atoms with Crippen LogP contribution in [0.4, 0.5) is 0 Å². The van der Waals surface area contributed by atoms with E-state index in [1.807, 2.05) is 6.92 Å². The lowest BCUT2D eigenvalue weighted by Crippen LogP contribution is -2.15. The molecule has 0 aromatic carbocycles. The van der Waals surface area contributed by atoms with Crippen LogP contribution in [-0.4, -0.2) is 17.3 Å². The molecule has 5 aliphatic rings. The molecule has 0 N–H and O–H groups in total. The number of carbonyl (C=O) groups excluding carboxylic acids is 3. The summed E-state index contributed by atoms with van der Waals surface area (Å²) >= 11 is 0. The van der Waals surface area contributed by atoms with E-state index < -0.39 is 0 Å². The summed E-state index contributed by atoms with van der Waals surface area (Å²) in [6.07, 6.45) is 23.9. The third-order valence-corrected chi connectivity index (χ3v) is 6.76. The van der Waals surface area contributed by atoms with E-state index in [2.05, 4.69) is 48.6 Å². The first-order valence-electron chi connectivity index (χ1n) is 11.5. The van der Waals surface area contributed by atoms with Crippen LogP contribution >= 0.6 is 0 Å². The molecule has 6 atom stereocenters. The summed E-state index contributed by atoms with van der Waals surface area (Å²) < 4.78 is 0. The Kier molecular flexibility index (Phi) is 9.68. The molecule has 0 aromatic heterocycles. The Hall–Kier alpha value is -2.03. The number of rotatable bonds is 3. The first-order chi connectivity index (χ1) is 14.3. The zero-order valence-electron chi connectivity index (χ0n) is 19.1. The number of carbonyl (C=O) groups is 3. The summed E-state index contributed by atoms with van der Waals surface area (Å²) in [5, 5.41) is 0. The molecule has 0 aromatic rings. The normalized spacial score (nSPS) is 32.7. The van der Waals surface area contributed by atoms with Gasteiger partial charge in [-0.1, -0.05) is 55.5 Å². The predicted octanol–water partition coefficient (Wildman–Crippen LogP) is 6.06. The van der Waals surface area contributed by atoms with Crippen molar-refractivity contribution in [1.82, 2.24) is 0 Å². The summed E-state index contributed by atoms with van der Waals surface area (Å²) in [7, 11) is 0. The minimum absolute atomic E-state index is 0.255. The Balaban J connectivity index is 0.000000151. The van der Waals surface area contributed by atoms with Gasteiger partial charge in [0, 0.05) is 18.3 Å². The van der Waals surface area contributed by atoms with Gasteiger partial charge in [-0.3, -0.25) is 9.59 Å². The van der Waals surface area contributed by atoms with Crippen molar-refractivity contribution in [2.45, 2.75) is 66.2 Å². The lowest BCUT2D eigenvalue weighted by atomic mass is 9.90. The van der Waals surface area contributed by atoms with Crippen molar-refractivity contribution in [3.05, 3.63) is 48.6 Å². The summed E-state index contributed by atoms with van der Waals surface area (Å²) in [5.41, 5.74) is 0. The minimum Gasteiger partial charge on any atom is -0.300 e. The maximum Gasteiger partial charge on any atom is 0.133 e. The lowest BCUT2D eigenvalue weighted by Gasteiger charge is -2.13. The second-order valence-electron chi connectivity index (χ2n) is 9.14. The van der Waals surface area contributed by atoms with Crippen LogP contribution in [0.25, 0.3) is 0 Å². The zero-order chi connectivity index (χ0) is 22.1. The fourth-order valence-corrected chi connectivity index (χ4v) is 4.89. The van der Waals surface area contributed by atoms with Gasteiger partial charge < -0.3 is 4.79 Å². The Bertz CT molecular complexity index is 670. The summed E-state index contributed by atoms with van der Waals surface area (Å²) in [6, 6.07) is 0. The molecule has 5 rings (SSSR count). The largest absolute Gasteiger partial charge is 0.300 e. The quantitative estimate of drug-likeness (QED) is 0.531. The fourth-order valence-electron chi connectivity index (χ4n) is 4.89. The van der Waals surface area contributed by atoms with Crippen LogP contribution in [0.1, 0.15) is 66.2 Å². The SMILES string of the molecule is C1=CCC=C1.CC(=O)C1CC2C=CC1C2.CC(=O)C1CC2C=CC1C2.CCC(C)=O. The van der Waals surface area contributed by atoms with Gasteiger partial charge in [-0.25, -0.2) is 0 Å². The molecule has 0 aliphatic heterocycles. The average molecular weight is 411 g/mol. The lowest BCUT2D eigenvalue weighted by molar-refractivity contribution is -0.122. The average Bonchev–Trinajstić information content (AvgIpc) is 3.54. The van der Waals surface area contributed by atoms with Crippen molar-refractivity contribution in [3.8, 4) is 0 Å². The highest BCUT2D eigenvalue weighted by molar-refractivity contribution is 5.80. The van der Waals surface area contributed by atoms with E-state index in [0.29, 0.717) is 41.7 Å². The monoisotopic (exact) mass is 410 g/mol. The van der Waals surface area contributed by atoms with Crippen LogP contribution in [0.2, 0.25) is 0 Å². The molecule has 3 heteroatoms. The molecule has 30 heavy (non-hydrogen) atoms. The first-order valence-corrected chi connectivity index (χ1v) is 11.5. The maximum atomic E-state index is 11.0. The fraction of sp³-hybridized carbons (Fsp3) is 0.593. The van der Waals surface area contributed by atoms with Gasteiger partial charge in [0.05, 0.1) is 0 Å². The molecular formula is C27H38O3. The van der Waals surface area contributed by atoms with E-state index in [1.165, 1.54) is 12.8 Å². The van der Waals surface area contributed by atoms with Crippen LogP contribution in [-0.2, 0) is 14.4 Å². The van der Waals surface area contributed by atoms with Gasteiger partial charge in [0.2, 0.25) is 0 Å². The van der Waals surface area contributed by atoms with Gasteiger partial charge >= 0.3 is 0 Å². The van der Waals surface area contributed by atoms with Gasteiger partial charge in [0.15, 0.2) is 0 Å². The number of ketones is 3. The third-order valence-electron chi connectivity index (χ3n) is 6.76. The van der Waals surface area contributed by atoms with E-state index in [4.69, 9.17) is 0 Å². The van der Waals surface area contributed by atoms with Crippen molar-refractivity contribution >= 4 is 17.3 Å². The molecule has 0 heterocycles. The Morgan fingerprint density at radius 2 is 1.10 bits per heavy atom. The number of Topliss-reactive ketones (excluding diaryl/α,β-unsaturated/α-hetero) is 3. The Morgan fingerprint density at radius 3 is 1.23 bits per heavy atom. The summed E-state index contributed by atoms with van der Waals surface area (Å²) in [4.78, 5) is 31.8. The van der Waals surface area contributed by atoms with Crippen molar-refractivity contribution in [1.29, 1.82) is 0 Å². The highest BCUT2D eigenvalue weighted by Crippen LogP contribution is 2.44. The summed E-state index contributed by atoms with van der Waals surface area (Å²) in [6.45, 7) is 6.88. The van der Waals surface area contributed by atoms with E-state index in [1.54, 1.807) is 20.8 Å². The molecule has 5 aliphatic carbocycles. The first kappa shape index (κ1) is 24.2. The second kappa shape index (κ2) is 12.0. The molecule has 164 valence electrons. The van der Waals surface area contributed by atoms with Crippen LogP contribution < -0.4 is 0 Å². The van der Waals surface area contributed by atoms with Crippen LogP contribution in [0.3, 0.4) is 0 Å². The highest BCUT2D eigenvalue weighted by Gasteiger charge is 2.38. The minimum atomic E-state index is 0.255. The van der Waals surface area contributed by atoms with Crippen LogP contribution in [0.15, 0.2) is 48.6 Å². The Labute approximate surface area is 182 Å². The standard InChI is InChI=1S/2C9H12O.C5H6.C4H8O/c2*1-6(10)9-5-7-2-3-8(9)4-7;1-2-4-5-3-1;1-3-4(2)5/h2*2-3,7-9H,4-5H2,1H3;1-4H,5H2;3H2,1-2H3. The van der Waals surface area contributed by atoms with Crippen LogP contribution in [0, 0.1) is 35.5 Å². The second-order valence-corrected chi connectivity index (χ2v) is 9.14. The smallest absolute Gasteiger partial charge is 0.133 e. The van der Waals surface area contributed by atoms with Gasteiger partial charge in [-0.15, -0.1) is 0 Å². The summed E-state index contributed by atoms with van der Waals surface area (Å²) in [5.74, 6) is 4.44. The number of fused-ring (bicyclic) bond motifs is 4. The predicted molar refractivity (Wildman–Crippen MR) is 123 cm³/mol. The molecule has 6 unspecified atom stereocenters.